The maximum atomic E-state index is 13.4. The van der Waals surface area contributed by atoms with Crippen molar-refractivity contribution < 1.29 is 18.0 Å². The van der Waals surface area contributed by atoms with Gasteiger partial charge in [0.1, 0.15) is 12.1 Å². The number of nitrogens with zero attached hydrogens (tertiary/aromatic N) is 3. The van der Waals surface area contributed by atoms with Crippen LogP contribution in [-0.4, -0.2) is 20.9 Å². The summed E-state index contributed by atoms with van der Waals surface area (Å²) < 4.78 is 40.3. The number of amides is 1. The molecule has 1 amide bonds. The Kier molecular flexibility index (Phi) is 6.68. The minimum absolute atomic E-state index is 0.00684. The number of halogens is 3. The lowest BCUT2D eigenvalue weighted by atomic mass is 10.0. The van der Waals surface area contributed by atoms with Crippen molar-refractivity contribution in [3.63, 3.8) is 0 Å². The van der Waals surface area contributed by atoms with Gasteiger partial charge < -0.3 is 10.6 Å². The van der Waals surface area contributed by atoms with E-state index in [0.29, 0.717) is 22.5 Å². The van der Waals surface area contributed by atoms with Gasteiger partial charge in [0.05, 0.1) is 28.2 Å². The molecular formula is C26H24F3N5O. The third-order valence-corrected chi connectivity index (χ3v) is 5.62. The lowest BCUT2D eigenvalue weighted by molar-refractivity contribution is -0.138. The number of carbonyl (C=O) groups is 1. The predicted octanol–water partition coefficient (Wildman–Crippen LogP) is 6.40. The molecule has 4 aromatic rings. The van der Waals surface area contributed by atoms with Crippen LogP contribution in [0.15, 0.2) is 67.0 Å². The largest absolute Gasteiger partial charge is 0.416 e. The van der Waals surface area contributed by atoms with Gasteiger partial charge in [-0.15, -0.1) is 0 Å². The van der Waals surface area contributed by atoms with Gasteiger partial charge in [-0.3, -0.25) is 4.79 Å². The van der Waals surface area contributed by atoms with Gasteiger partial charge in [-0.05, 0) is 48.7 Å². The number of para-hydroxylation sites is 1. The smallest absolute Gasteiger partial charge is 0.345 e. The normalized spacial score (nSPS) is 12.5. The number of anilines is 2. The van der Waals surface area contributed by atoms with Crippen LogP contribution in [0, 0.1) is 0 Å². The second kappa shape index (κ2) is 9.69. The zero-order valence-electron chi connectivity index (χ0n) is 19.4. The number of benzene rings is 2. The molecule has 0 aliphatic rings. The molecule has 2 aromatic heterocycles. The Morgan fingerprint density at radius 2 is 1.63 bits per heavy atom. The van der Waals surface area contributed by atoms with E-state index in [1.165, 1.54) is 31.5 Å². The Bertz CT molecular complexity index is 1370. The fourth-order valence-electron chi connectivity index (χ4n) is 3.78. The Labute approximate surface area is 200 Å². The molecule has 0 spiro atoms. The molecule has 1 atom stereocenters. The first-order valence-electron chi connectivity index (χ1n) is 11.1. The van der Waals surface area contributed by atoms with Crippen molar-refractivity contribution in [2.24, 2.45) is 0 Å². The van der Waals surface area contributed by atoms with Crippen LogP contribution in [0.3, 0.4) is 0 Å². The molecule has 9 heteroatoms. The Morgan fingerprint density at radius 1 is 0.914 bits per heavy atom. The summed E-state index contributed by atoms with van der Waals surface area (Å²) in [5.41, 5.74) is 1.35. The van der Waals surface area contributed by atoms with E-state index in [-0.39, 0.29) is 17.0 Å². The quantitative estimate of drug-likeness (QED) is 0.334. The highest BCUT2D eigenvalue weighted by molar-refractivity contribution is 6.01. The van der Waals surface area contributed by atoms with Crippen molar-refractivity contribution in [2.75, 3.05) is 5.32 Å². The van der Waals surface area contributed by atoms with Crippen molar-refractivity contribution in [1.82, 2.24) is 20.3 Å². The van der Waals surface area contributed by atoms with E-state index in [0.717, 1.165) is 11.8 Å². The molecule has 0 aliphatic heterocycles. The highest BCUT2D eigenvalue weighted by atomic mass is 19.4. The third kappa shape index (κ3) is 5.24. The molecule has 2 aromatic carbocycles. The molecule has 0 aliphatic carbocycles. The maximum Gasteiger partial charge on any atom is 0.416 e. The zero-order chi connectivity index (χ0) is 25.2. The van der Waals surface area contributed by atoms with E-state index in [2.05, 4.69) is 25.6 Å². The van der Waals surface area contributed by atoms with Crippen molar-refractivity contribution in [3.8, 4) is 0 Å². The highest BCUT2D eigenvalue weighted by Crippen LogP contribution is 2.34. The molecule has 0 saturated carbocycles. The average molecular weight is 480 g/mol. The van der Waals surface area contributed by atoms with Crippen molar-refractivity contribution in [2.45, 2.75) is 38.9 Å². The highest BCUT2D eigenvalue weighted by Gasteiger charge is 2.34. The molecule has 6 nitrogen and oxygen atoms in total. The van der Waals surface area contributed by atoms with Gasteiger partial charge in [0.2, 0.25) is 0 Å². The monoisotopic (exact) mass is 479 g/mol. The molecule has 4 rings (SSSR count). The van der Waals surface area contributed by atoms with E-state index in [1.54, 1.807) is 24.3 Å². The minimum Gasteiger partial charge on any atom is -0.345 e. The lowest BCUT2D eigenvalue weighted by Crippen LogP contribution is -2.28. The number of pyridine rings is 1. The molecule has 0 radical (unpaired) electrons. The molecule has 0 fully saturated rings. The second-order valence-corrected chi connectivity index (χ2v) is 8.44. The van der Waals surface area contributed by atoms with Crippen LogP contribution in [0.25, 0.3) is 11.0 Å². The first-order valence-corrected chi connectivity index (χ1v) is 11.1. The van der Waals surface area contributed by atoms with Crippen molar-refractivity contribution >= 4 is 28.4 Å². The Morgan fingerprint density at radius 3 is 2.37 bits per heavy atom. The summed E-state index contributed by atoms with van der Waals surface area (Å²) >= 11 is 0. The average Bonchev–Trinajstić information content (AvgIpc) is 2.83. The molecule has 1 unspecified atom stereocenters. The molecule has 180 valence electrons. The molecule has 2 N–H and O–H groups in total. The number of aromatic nitrogens is 3. The number of alkyl halides is 3. The summed E-state index contributed by atoms with van der Waals surface area (Å²) in [5.74, 6) is 0.185. The topological polar surface area (TPSA) is 79.8 Å². The van der Waals surface area contributed by atoms with Gasteiger partial charge in [0.15, 0.2) is 5.65 Å². The standard InChI is InChI=1S/C26H24F3N5O/c1-15(2)21-13-12-19-23(33-21)30-14-31-24(19)34-22-11-7-5-9-18(22)25(35)32-16(3)17-8-4-6-10-20(17)26(27,28)29/h4-16H,1-3H3,(H,32,35)(H,30,31,33,34). The SMILES string of the molecule is CC(C)c1ccc2c(Nc3ccccc3C(=O)NC(C)c3ccccc3C(F)(F)F)ncnc2n1. The van der Waals surface area contributed by atoms with E-state index in [1.807, 2.05) is 26.0 Å². The number of hydrogen-bond donors (Lipinski definition) is 2. The van der Waals surface area contributed by atoms with Gasteiger partial charge >= 0.3 is 6.18 Å². The van der Waals surface area contributed by atoms with Gasteiger partial charge in [-0.1, -0.05) is 44.2 Å². The number of carbonyl (C=O) groups excluding carboxylic acids is 1. The van der Waals surface area contributed by atoms with Gasteiger partial charge in [0, 0.05) is 5.69 Å². The molecule has 35 heavy (non-hydrogen) atoms. The molecule has 2 heterocycles. The van der Waals surface area contributed by atoms with Gasteiger partial charge in [-0.25, -0.2) is 15.0 Å². The van der Waals surface area contributed by atoms with E-state index in [4.69, 9.17) is 0 Å². The number of rotatable bonds is 6. The third-order valence-electron chi connectivity index (χ3n) is 5.62. The number of nitrogens with one attached hydrogen (secondary N) is 2. The fraction of sp³-hybridized carbons (Fsp3) is 0.231. The van der Waals surface area contributed by atoms with Crippen LogP contribution in [0.1, 0.15) is 59.9 Å². The van der Waals surface area contributed by atoms with Crippen LogP contribution in [0.2, 0.25) is 0 Å². The van der Waals surface area contributed by atoms with E-state index in [9.17, 15) is 18.0 Å². The Hall–Kier alpha value is -4.01. The van der Waals surface area contributed by atoms with E-state index >= 15 is 0 Å². The van der Waals surface area contributed by atoms with Crippen LogP contribution < -0.4 is 10.6 Å². The molecular weight excluding hydrogens is 455 g/mol. The first-order chi connectivity index (χ1) is 16.6. The van der Waals surface area contributed by atoms with Gasteiger partial charge in [-0.2, -0.15) is 13.2 Å². The van der Waals surface area contributed by atoms with Crippen LogP contribution in [0.5, 0.6) is 0 Å². The molecule has 0 bridgehead atoms. The second-order valence-electron chi connectivity index (χ2n) is 8.44. The van der Waals surface area contributed by atoms with Crippen molar-refractivity contribution in [1.29, 1.82) is 0 Å². The first kappa shape index (κ1) is 24.1. The summed E-state index contributed by atoms with van der Waals surface area (Å²) in [6.07, 6.45) is -3.13. The minimum atomic E-state index is -4.52. The summed E-state index contributed by atoms with van der Waals surface area (Å²) in [7, 11) is 0. The fourth-order valence-corrected chi connectivity index (χ4v) is 3.78. The predicted molar refractivity (Wildman–Crippen MR) is 128 cm³/mol. The summed E-state index contributed by atoms with van der Waals surface area (Å²) in [5, 5.41) is 6.53. The van der Waals surface area contributed by atoms with E-state index < -0.39 is 23.7 Å². The number of hydrogen-bond acceptors (Lipinski definition) is 5. The summed E-state index contributed by atoms with van der Waals surface area (Å²) in [6, 6.07) is 14.8. The molecule has 0 saturated heterocycles. The van der Waals surface area contributed by atoms with Crippen LogP contribution in [0.4, 0.5) is 24.7 Å². The van der Waals surface area contributed by atoms with Crippen LogP contribution >= 0.6 is 0 Å². The summed E-state index contributed by atoms with van der Waals surface area (Å²) in [6.45, 7) is 5.60. The lowest BCUT2D eigenvalue weighted by Gasteiger charge is -2.20. The summed E-state index contributed by atoms with van der Waals surface area (Å²) in [4.78, 5) is 26.2. The van der Waals surface area contributed by atoms with Gasteiger partial charge in [0.25, 0.3) is 5.91 Å². The zero-order valence-corrected chi connectivity index (χ0v) is 19.4. The van der Waals surface area contributed by atoms with Crippen LogP contribution in [-0.2, 0) is 6.18 Å². The Balaban J connectivity index is 1.62. The number of fused-ring (bicyclic) bond motifs is 1. The maximum absolute atomic E-state index is 13.4. The van der Waals surface area contributed by atoms with Crippen molar-refractivity contribution in [3.05, 3.63) is 89.4 Å².